The molecule has 1 aliphatic heterocycles. The van der Waals surface area contributed by atoms with Crippen molar-refractivity contribution in [2.24, 2.45) is 0 Å². The van der Waals surface area contributed by atoms with E-state index in [2.05, 4.69) is 17.2 Å². The van der Waals surface area contributed by atoms with Crippen LogP contribution in [0.5, 0.6) is 0 Å². The summed E-state index contributed by atoms with van der Waals surface area (Å²) in [5.41, 5.74) is 0. The molecular weight excluding hydrogens is 230 g/mol. The largest absolute Gasteiger partial charge is 0.350 e. The molecule has 6 heteroatoms. The van der Waals surface area contributed by atoms with Crippen LogP contribution in [0.4, 0.5) is 4.39 Å². The molecule has 14 heavy (non-hydrogen) atoms. The Morgan fingerprint density at radius 1 is 1.71 bits per heavy atom. The predicted molar refractivity (Wildman–Crippen MR) is 56.6 cm³/mol. The minimum absolute atomic E-state index is 0. The maximum Gasteiger partial charge on any atom is 0.237 e. The Bertz CT molecular complexity index is 225. The van der Waals surface area contributed by atoms with E-state index >= 15 is 0 Å². The molecule has 0 spiro atoms. The molecule has 0 radical (unpaired) electrons. The fourth-order valence-corrected chi connectivity index (χ4v) is 1.27. The van der Waals surface area contributed by atoms with Gasteiger partial charge in [-0.05, 0) is 0 Å². The lowest BCUT2D eigenvalue weighted by atomic mass is 10.2. The summed E-state index contributed by atoms with van der Waals surface area (Å²) in [6.45, 7) is 3.91. The highest BCUT2D eigenvalue weighted by Crippen LogP contribution is 2.09. The van der Waals surface area contributed by atoms with Crippen LogP contribution < -0.4 is 10.6 Å². The number of hydrogen-bond donors (Lipinski definition) is 2. The number of nitrogens with one attached hydrogen (secondary N) is 2. The van der Waals surface area contributed by atoms with Gasteiger partial charge in [0.2, 0.25) is 5.91 Å². The van der Waals surface area contributed by atoms with Crippen LogP contribution in [0.25, 0.3) is 0 Å². The minimum Gasteiger partial charge on any atom is -0.350 e. The highest BCUT2D eigenvalue weighted by Gasteiger charge is 2.28. The standard InChI is InChI=1S/C8H12ClFN2O.ClH/c1-5(9)3-12-8(13)7-2-6(10)4-11-7;/h6-7,11H,1-4H2,(H,12,13);1H/t6-,7+;/m1./s1. The second-order valence-corrected chi connectivity index (χ2v) is 3.56. The van der Waals surface area contributed by atoms with Crippen LogP contribution in [0.2, 0.25) is 0 Å². The lowest BCUT2D eigenvalue weighted by Crippen LogP contribution is -2.40. The summed E-state index contributed by atoms with van der Waals surface area (Å²) < 4.78 is 12.6. The lowest BCUT2D eigenvalue weighted by molar-refractivity contribution is -0.122. The summed E-state index contributed by atoms with van der Waals surface area (Å²) in [7, 11) is 0. The Labute approximate surface area is 93.5 Å². The van der Waals surface area contributed by atoms with Crippen molar-refractivity contribution < 1.29 is 9.18 Å². The summed E-state index contributed by atoms with van der Waals surface area (Å²) in [6, 6.07) is -0.425. The Morgan fingerprint density at radius 3 is 2.79 bits per heavy atom. The number of hydrogen-bond acceptors (Lipinski definition) is 2. The van der Waals surface area contributed by atoms with Crippen molar-refractivity contribution in [3.63, 3.8) is 0 Å². The third-order valence-electron chi connectivity index (χ3n) is 1.85. The molecule has 0 aromatic rings. The van der Waals surface area contributed by atoms with Crippen LogP contribution in [0, 0.1) is 0 Å². The number of carbonyl (C=O) groups is 1. The van der Waals surface area contributed by atoms with Crippen molar-refractivity contribution in [3.8, 4) is 0 Å². The van der Waals surface area contributed by atoms with Gasteiger partial charge >= 0.3 is 0 Å². The average Bonchev–Trinajstić information content (AvgIpc) is 2.47. The van der Waals surface area contributed by atoms with E-state index in [0.717, 1.165) is 0 Å². The molecule has 0 saturated carbocycles. The molecule has 82 valence electrons. The summed E-state index contributed by atoms with van der Waals surface area (Å²) in [4.78, 5) is 11.3. The molecule has 0 unspecified atom stereocenters. The SMILES string of the molecule is C=C(Cl)CNC(=O)[C@@H]1C[C@@H](F)CN1.Cl. The molecule has 1 amide bonds. The van der Waals surface area contributed by atoms with Gasteiger partial charge < -0.3 is 10.6 Å². The molecular formula is C8H13Cl2FN2O. The quantitative estimate of drug-likeness (QED) is 0.775. The zero-order chi connectivity index (χ0) is 9.84. The van der Waals surface area contributed by atoms with Crippen LogP contribution in [-0.4, -0.2) is 31.2 Å². The number of carbonyl (C=O) groups excluding carboxylic acids is 1. The lowest BCUT2D eigenvalue weighted by Gasteiger charge is -2.09. The van der Waals surface area contributed by atoms with Gasteiger partial charge in [0.05, 0.1) is 12.6 Å². The molecule has 3 nitrogen and oxygen atoms in total. The van der Waals surface area contributed by atoms with E-state index in [9.17, 15) is 9.18 Å². The van der Waals surface area contributed by atoms with Crippen molar-refractivity contribution in [2.45, 2.75) is 18.6 Å². The van der Waals surface area contributed by atoms with Gasteiger partial charge in [-0.2, -0.15) is 0 Å². The zero-order valence-corrected chi connectivity index (χ0v) is 9.13. The van der Waals surface area contributed by atoms with Gasteiger partial charge in [-0.25, -0.2) is 4.39 Å². The van der Waals surface area contributed by atoms with Crippen molar-refractivity contribution in [3.05, 3.63) is 11.6 Å². The molecule has 0 bridgehead atoms. The van der Waals surface area contributed by atoms with E-state index in [1.54, 1.807) is 0 Å². The van der Waals surface area contributed by atoms with E-state index in [-0.39, 0.29) is 37.8 Å². The first-order valence-corrected chi connectivity index (χ1v) is 4.46. The Kier molecular flexibility index (Phi) is 6.08. The Morgan fingerprint density at radius 2 is 2.36 bits per heavy atom. The maximum absolute atomic E-state index is 12.6. The first-order chi connectivity index (χ1) is 6.09. The fraction of sp³-hybridized carbons (Fsp3) is 0.625. The van der Waals surface area contributed by atoms with Gasteiger partial charge in [-0.15, -0.1) is 12.4 Å². The topological polar surface area (TPSA) is 41.1 Å². The zero-order valence-electron chi connectivity index (χ0n) is 7.56. The minimum atomic E-state index is -0.921. The van der Waals surface area contributed by atoms with E-state index in [0.29, 0.717) is 5.03 Å². The summed E-state index contributed by atoms with van der Waals surface area (Å²) in [6.07, 6.45) is -0.685. The molecule has 2 atom stereocenters. The van der Waals surface area contributed by atoms with Crippen LogP contribution in [0.15, 0.2) is 11.6 Å². The van der Waals surface area contributed by atoms with Gasteiger partial charge in [0.1, 0.15) is 6.17 Å². The molecule has 1 aliphatic rings. The monoisotopic (exact) mass is 242 g/mol. The van der Waals surface area contributed by atoms with E-state index in [1.165, 1.54) is 0 Å². The summed E-state index contributed by atoms with van der Waals surface area (Å²) in [5.74, 6) is -0.220. The first-order valence-electron chi connectivity index (χ1n) is 4.08. The van der Waals surface area contributed by atoms with Crippen molar-refractivity contribution in [1.29, 1.82) is 0 Å². The van der Waals surface area contributed by atoms with Crippen LogP contribution >= 0.6 is 24.0 Å². The molecule has 0 aromatic carbocycles. The molecule has 1 heterocycles. The van der Waals surface area contributed by atoms with Gasteiger partial charge in [0, 0.05) is 18.0 Å². The van der Waals surface area contributed by atoms with Crippen LogP contribution in [-0.2, 0) is 4.79 Å². The first kappa shape index (κ1) is 13.7. The highest BCUT2D eigenvalue weighted by molar-refractivity contribution is 6.29. The number of halogens is 3. The second-order valence-electron chi connectivity index (χ2n) is 3.03. The summed E-state index contributed by atoms with van der Waals surface area (Å²) in [5, 5.41) is 5.68. The van der Waals surface area contributed by atoms with Crippen molar-refractivity contribution in [1.82, 2.24) is 10.6 Å². The van der Waals surface area contributed by atoms with Gasteiger partial charge in [-0.1, -0.05) is 18.2 Å². The molecule has 1 rings (SSSR count). The van der Waals surface area contributed by atoms with E-state index in [1.807, 2.05) is 0 Å². The maximum atomic E-state index is 12.6. The second kappa shape index (κ2) is 6.22. The van der Waals surface area contributed by atoms with E-state index in [4.69, 9.17) is 11.6 Å². The smallest absolute Gasteiger partial charge is 0.237 e. The van der Waals surface area contributed by atoms with E-state index < -0.39 is 12.2 Å². The van der Waals surface area contributed by atoms with Crippen molar-refractivity contribution in [2.75, 3.05) is 13.1 Å². The van der Waals surface area contributed by atoms with Gasteiger partial charge in [0.15, 0.2) is 0 Å². The molecule has 0 aromatic heterocycles. The predicted octanol–water partition coefficient (Wildman–Crippen LogP) is 0.977. The third-order valence-corrected chi connectivity index (χ3v) is 1.98. The third kappa shape index (κ3) is 4.26. The summed E-state index contributed by atoms with van der Waals surface area (Å²) >= 11 is 5.45. The van der Waals surface area contributed by atoms with Gasteiger partial charge in [0.25, 0.3) is 0 Å². The Hall–Kier alpha value is -0.320. The van der Waals surface area contributed by atoms with Gasteiger partial charge in [-0.3, -0.25) is 4.79 Å². The molecule has 1 saturated heterocycles. The molecule has 1 fully saturated rings. The fourth-order valence-electron chi connectivity index (χ4n) is 1.20. The van der Waals surface area contributed by atoms with Crippen LogP contribution in [0.1, 0.15) is 6.42 Å². The number of amides is 1. The normalized spacial score (nSPS) is 25.3. The van der Waals surface area contributed by atoms with Crippen LogP contribution in [0.3, 0.4) is 0 Å². The number of alkyl halides is 1. The highest BCUT2D eigenvalue weighted by atomic mass is 35.5. The molecule has 0 aliphatic carbocycles. The average molecular weight is 243 g/mol. The van der Waals surface area contributed by atoms with Crippen molar-refractivity contribution >= 4 is 29.9 Å². The number of rotatable bonds is 3. The Balaban J connectivity index is 0.00000169. The molecule has 2 N–H and O–H groups in total.